The lowest BCUT2D eigenvalue weighted by atomic mass is 9.89. The van der Waals surface area contributed by atoms with Gasteiger partial charge in [0.25, 0.3) is 0 Å². The Morgan fingerprint density at radius 1 is 1.20 bits per heavy atom. The molecule has 1 N–H and O–H groups in total. The number of aliphatic hydroxyl groups excluding tert-OH is 1. The standard InChI is InChI=1S/C15H28N4O/c1-15(2,3)14(20)12-19-7-5-18(6-8-19)11-13-9-16-17(4)10-13/h9-10,14,20H,5-8,11-12H2,1-4H3. The number of aromatic nitrogens is 2. The third-order valence-electron chi connectivity index (χ3n) is 4.06. The van der Waals surface area contributed by atoms with Crippen LogP contribution in [0.5, 0.6) is 0 Å². The summed E-state index contributed by atoms with van der Waals surface area (Å²) in [5.41, 5.74) is 1.24. The normalized spacial score (nSPS) is 20.2. The van der Waals surface area contributed by atoms with E-state index in [-0.39, 0.29) is 11.5 Å². The molecular weight excluding hydrogens is 252 g/mol. The fourth-order valence-electron chi connectivity index (χ4n) is 2.46. The highest BCUT2D eigenvalue weighted by Gasteiger charge is 2.26. The van der Waals surface area contributed by atoms with E-state index in [9.17, 15) is 5.11 Å². The first-order valence-electron chi connectivity index (χ1n) is 7.45. The monoisotopic (exact) mass is 280 g/mol. The summed E-state index contributed by atoms with van der Waals surface area (Å²) in [6.45, 7) is 12.2. The maximum atomic E-state index is 10.2. The van der Waals surface area contributed by atoms with E-state index in [1.54, 1.807) is 0 Å². The zero-order valence-electron chi connectivity index (χ0n) is 13.2. The van der Waals surface area contributed by atoms with Crippen LogP contribution in [-0.4, -0.2) is 63.5 Å². The Morgan fingerprint density at radius 2 is 1.80 bits per heavy atom. The van der Waals surface area contributed by atoms with Gasteiger partial charge < -0.3 is 5.11 Å². The molecular formula is C15H28N4O. The fraction of sp³-hybridized carbons (Fsp3) is 0.800. The molecule has 1 saturated heterocycles. The molecule has 0 bridgehead atoms. The molecule has 1 aliphatic heterocycles. The molecule has 1 unspecified atom stereocenters. The van der Waals surface area contributed by atoms with Crippen LogP contribution < -0.4 is 0 Å². The van der Waals surface area contributed by atoms with Gasteiger partial charge in [0, 0.05) is 58.1 Å². The molecule has 0 aromatic carbocycles. The molecule has 2 heterocycles. The van der Waals surface area contributed by atoms with Gasteiger partial charge in [0.2, 0.25) is 0 Å². The molecule has 1 aliphatic rings. The van der Waals surface area contributed by atoms with E-state index in [1.807, 2.05) is 17.9 Å². The molecule has 114 valence electrons. The Balaban J connectivity index is 1.75. The molecule has 2 rings (SSSR count). The average Bonchev–Trinajstić information content (AvgIpc) is 2.76. The van der Waals surface area contributed by atoms with Gasteiger partial charge in [0.1, 0.15) is 0 Å². The number of aryl methyl sites for hydroxylation is 1. The van der Waals surface area contributed by atoms with Crippen molar-refractivity contribution >= 4 is 0 Å². The second-order valence-corrected chi connectivity index (χ2v) is 6.98. The molecule has 0 radical (unpaired) electrons. The van der Waals surface area contributed by atoms with Crippen molar-refractivity contribution in [1.82, 2.24) is 19.6 Å². The van der Waals surface area contributed by atoms with Crippen LogP contribution in [0.4, 0.5) is 0 Å². The molecule has 5 nitrogen and oxygen atoms in total. The van der Waals surface area contributed by atoms with E-state index in [2.05, 4.69) is 41.9 Å². The summed E-state index contributed by atoms with van der Waals surface area (Å²) in [6, 6.07) is 0. The number of rotatable bonds is 4. The van der Waals surface area contributed by atoms with Gasteiger partial charge in [0.05, 0.1) is 12.3 Å². The molecule has 0 saturated carbocycles. The topological polar surface area (TPSA) is 44.5 Å². The number of β-amino-alcohol motifs (C(OH)–C–C–N with tert-alkyl or cyclic N) is 1. The smallest absolute Gasteiger partial charge is 0.0715 e. The average molecular weight is 280 g/mol. The van der Waals surface area contributed by atoms with Crippen molar-refractivity contribution in [3.63, 3.8) is 0 Å². The van der Waals surface area contributed by atoms with Gasteiger partial charge in [-0.05, 0) is 5.41 Å². The Labute approximate surface area is 122 Å². The fourth-order valence-corrected chi connectivity index (χ4v) is 2.46. The number of hydrogen-bond donors (Lipinski definition) is 1. The van der Waals surface area contributed by atoms with E-state index >= 15 is 0 Å². The molecule has 0 spiro atoms. The minimum atomic E-state index is -0.257. The molecule has 1 fully saturated rings. The van der Waals surface area contributed by atoms with Crippen LogP contribution in [0.1, 0.15) is 26.3 Å². The van der Waals surface area contributed by atoms with Crippen molar-refractivity contribution in [2.75, 3.05) is 32.7 Å². The van der Waals surface area contributed by atoms with Crippen molar-refractivity contribution in [1.29, 1.82) is 0 Å². The first-order valence-corrected chi connectivity index (χ1v) is 7.45. The van der Waals surface area contributed by atoms with Gasteiger partial charge in [-0.3, -0.25) is 14.5 Å². The second kappa shape index (κ2) is 6.24. The van der Waals surface area contributed by atoms with Gasteiger partial charge in [0.15, 0.2) is 0 Å². The highest BCUT2D eigenvalue weighted by atomic mass is 16.3. The van der Waals surface area contributed by atoms with E-state index in [0.717, 1.165) is 39.3 Å². The molecule has 5 heteroatoms. The summed E-state index contributed by atoms with van der Waals surface area (Å²) < 4.78 is 1.85. The van der Waals surface area contributed by atoms with Gasteiger partial charge in [-0.15, -0.1) is 0 Å². The predicted octanol–water partition coefficient (Wildman–Crippen LogP) is 0.945. The van der Waals surface area contributed by atoms with Crippen molar-refractivity contribution in [3.05, 3.63) is 18.0 Å². The lowest BCUT2D eigenvalue weighted by molar-refractivity contribution is 0.0126. The summed E-state index contributed by atoms with van der Waals surface area (Å²) in [5.74, 6) is 0. The maximum absolute atomic E-state index is 10.2. The molecule has 0 amide bonds. The van der Waals surface area contributed by atoms with Gasteiger partial charge in [-0.1, -0.05) is 20.8 Å². The molecule has 1 aromatic rings. The van der Waals surface area contributed by atoms with Crippen LogP contribution in [0.2, 0.25) is 0 Å². The van der Waals surface area contributed by atoms with Crippen LogP contribution in [0, 0.1) is 5.41 Å². The molecule has 1 aromatic heterocycles. The number of hydrogen-bond acceptors (Lipinski definition) is 4. The van der Waals surface area contributed by atoms with Crippen LogP contribution >= 0.6 is 0 Å². The number of aliphatic hydroxyl groups is 1. The zero-order valence-corrected chi connectivity index (χ0v) is 13.2. The quantitative estimate of drug-likeness (QED) is 0.892. The molecule has 1 atom stereocenters. The Bertz CT molecular complexity index is 416. The van der Waals surface area contributed by atoms with Gasteiger partial charge >= 0.3 is 0 Å². The van der Waals surface area contributed by atoms with Crippen molar-refractivity contribution in [2.45, 2.75) is 33.4 Å². The van der Waals surface area contributed by atoms with E-state index in [1.165, 1.54) is 5.56 Å². The second-order valence-electron chi connectivity index (χ2n) is 6.98. The van der Waals surface area contributed by atoms with E-state index in [0.29, 0.717) is 0 Å². The van der Waals surface area contributed by atoms with Crippen molar-refractivity contribution in [2.24, 2.45) is 12.5 Å². The highest BCUT2D eigenvalue weighted by Crippen LogP contribution is 2.20. The first-order chi connectivity index (χ1) is 9.34. The van der Waals surface area contributed by atoms with Crippen LogP contribution in [0.3, 0.4) is 0 Å². The summed E-state index contributed by atoms with van der Waals surface area (Å²) in [4.78, 5) is 4.83. The van der Waals surface area contributed by atoms with Crippen LogP contribution in [0.15, 0.2) is 12.4 Å². The van der Waals surface area contributed by atoms with E-state index in [4.69, 9.17) is 0 Å². The zero-order chi connectivity index (χ0) is 14.8. The van der Waals surface area contributed by atoms with Crippen LogP contribution in [0.25, 0.3) is 0 Å². The van der Waals surface area contributed by atoms with Crippen LogP contribution in [-0.2, 0) is 13.6 Å². The largest absolute Gasteiger partial charge is 0.391 e. The highest BCUT2D eigenvalue weighted by molar-refractivity contribution is 5.03. The maximum Gasteiger partial charge on any atom is 0.0715 e. The van der Waals surface area contributed by atoms with Crippen molar-refractivity contribution < 1.29 is 5.11 Å². The van der Waals surface area contributed by atoms with Gasteiger partial charge in [-0.25, -0.2) is 0 Å². The number of piperazine rings is 1. The molecule has 20 heavy (non-hydrogen) atoms. The third-order valence-corrected chi connectivity index (χ3v) is 4.06. The minimum absolute atomic E-state index is 0.0349. The first kappa shape index (κ1) is 15.5. The number of nitrogens with zero attached hydrogens (tertiary/aromatic N) is 4. The third kappa shape index (κ3) is 4.30. The summed E-state index contributed by atoms with van der Waals surface area (Å²) >= 11 is 0. The lowest BCUT2D eigenvalue weighted by Crippen LogP contribution is -2.49. The SMILES string of the molecule is Cn1cc(CN2CCN(CC(O)C(C)(C)C)CC2)cn1. The lowest BCUT2D eigenvalue weighted by Gasteiger charge is -2.37. The van der Waals surface area contributed by atoms with Crippen molar-refractivity contribution in [3.8, 4) is 0 Å². The summed E-state index contributed by atoms with van der Waals surface area (Å²) in [7, 11) is 1.95. The summed E-state index contributed by atoms with van der Waals surface area (Å²) in [5, 5.41) is 14.4. The predicted molar refractivity (Wildman–Crippen MR) is 80.4 cm³/mol. The summed E-state index contributed by atoms with van der Waals surface area (Å²) in [6.07, 6.45) is 3.76. The van der Waals surface area contributed by atoms with Gasteiger partial charge in [-0.2, -0.15) is 5.10 Å². The Morgan fingerprint density at radius 3 is 2.30 bits per heavy atom. The Kier molecular flexibility index (Phi) is 4.83. The minimum Gasteiger partial charge on any atom is -0.391 e. The molecule has 0 aliphatic carbocycles. The van der Waals surface area contributed by atoms with E-state index < -0.39 is 0 Å². The Hall–Kier alpha value is -0.910.